The minimum atomic E-state index is -0.501. The molecule has 0 unspecified atom stereocenters. The Morgan fingerprint density at radius 1 is 1.04 bits per heavy atom. The zero-order valence-corrected chi connectivity index (χ0v) is 16.5. The van der Waals surface area contributed by atoms with Crippen molar-refractivity contribution in [3.05, 3.63) is 53.6 Å². The first-order chi connectivity index (χ1) is 13.5. The van der Waals surface area contributed by atoms with Gasteiger partial charge in [0.05, 0.1) is 20.3 Å². The van der Waals surface area contributed by atoms with Crippen LogP contribution in [0.4, 0.5) is 16.2 Å². The zero-order valence-electron chi connectivity index (χ0n) is 16.5. The van der Waals surface area contributed by atoms with Gasteiger partial charge in [-0.05, 0) is 55.7 Å². The van der Waals surface area contributed by atoms with Crippen molar-refractivity contribution >= 4 is 23.4 Å². The van der Waals surface area contributed by atoms with Crippen LogP contribution >= 0.6 is 0 Å². The topological polar surface area (TPSA) is 88.7 Å². The molecule has 0 bridgehead atoms. The highest BCUT2D eigenvalue weighted by atomic mass is 16.5. The van der Waals surface area contributed by atoms with Crippen molar-refractivity contribution in [2.75, 3.05) is 37.4 Å². The predicted molar refractivity (Wildman–Crippen MR) is 110 cm³/mol. The van der Waals surface area contributed by atoms with E-state index < -0.39 is 6.09 Å². The molecule has 0 saturated carbocycles. The Balaban J connectivity index is 1.79. The first-order valence-electron chi connectivity index (χ1n) is 9.20. The number of amides is 2. The van der Waals surface area contributed by atoms with Crippen molar-refractivity contribution in [1.82, 2.24) is 5.32 Å². The van der Waals surface area contributed by atoms with Gasteiger partial charge < -0.3 is 20.1 Å². The fraction of sp³-hybridized carbons (Fsp3) is 0.333. The standard InChI is InChI=1S/C21H27N3O4/c1-4-28-21(26)24-19-7-5-6-18(15(19)2)23-14-20(25)22-13-12-16-8-10-17(27-3)11-9-16/h5-11,23H,4,12-14H2,1-3H3,(H,22,25)(H,24,26). The van der Waals surface area contributed by atoms with Crippen LogP contribution in [0.3, 0.4) is 0 Å². The van der Waals surface area contributed by atoms with Crippen molar-refractivity contribution in [3.63, 3.8) is 0 Å². The molecule has 0 saturated heterocycles. The molecule has 7 heteroatoms. The Kier molecular flexibility index (Phi) is 8.14. The lowest BCUT2D eigenvalue weighted by Gasteiger charge is -2.14. The maximum atomic E-state index is 12.1. The van der Waals surface area contributed by atoms with Crippen LogP contribution in [-0.2, 0) is 16.0 Å². The first kappa shape index (κ1) is 21.1. The minimum absolute atomic E-state index is 0.100. The monoisotopic (exact) mass is 385 g/mol. The molecule has 0 heterocycles. The first-order valence-corrected chi connectivity index (χ1v) is 9.20. The van der Waals surface area contributed by atoms with Gasteiger partial charge in [0, 0.05) is 17.9 Å². The molecule has 0 aliphatic carbocycles. The maximum Gasteiger partial charge on any atom is 0.411 e. The van der Waals surface area contributed by atoms with Crippen LogP contribution < -0.4 is 20.7 Å². The highest BCUT2D eigenvalue weighted by Gasteiger charge is 2.09. The minimum Gasteiger partial charge on any atom is -0.497 e. The van der Waals surface area contributed by atoms with E-state index in [1.807, 2.05) is 37.3 Å². The van der Waals surface area contributed by atoms with E-state index in [1.54, 1.807) is 26.2 Å². The Hall–Kier alpha value is -3.22. The van der Waals surface area contributed by atoms with Gasteiger partial charge in [0.15, 0.2) is 0 Å². The summed E-state index contributed by atoms with van der Waals surface area (Å²) in [5.74, 6) is 0.712. The van der Waals surface area contributed by atoms with E-state index in [2.05, 4.69) is 16.0 Å². The molecule has 0 atom stereocenters. The van der Waals surface area contributed by atoms with E-state index in [4.69, 9.17) is 9.47 Å². The van der Waals surface area contributed by atoms with Gasteiger partial charge in [-0.1, -0.05) is 18.2 Å². The fourth-order valence-electron chi connectivity index (χ4n) is 2.62. The number of anilines is 2. The second-order valence-corrected chi connectivity index (χ2v) is 6.13. The third-order valence-electron chi connectivity index (χ3n) is 4.18. The average Bonchev–Trinajstić information content (AvgIpc) is 2.69. The molecule has 150 valence electrons. The van der Waals surface area contributed by atoms with Crippen LogP contribution in [0.15, 0.2) is 42.5 Å². The lowest BCUT2D eigenvalue weighted by molar-refractivity contribution is -0.119. The van der Waals surface area contributed by atoms with Gasteiger partial charge in [-0.25, -0.2) is 4.79 Å². The number of carbonyl (C=O) groups excluding carboxylic acids is 2. The predicted octanol–water partition coefficient (Wildman–Crippen LogP) is 3.34. The lowest BCUT2D eigenvalue weighted by Crippen LogP contribution is -2.31. The average molecular weight is 385 g/mol. The Morgan fingerprint density at radius 3 is 2.43 bits per heavy atom. The number of rotatable bonds is 9. The molecule has 0 aliphatic heterocycles. The van der Waals surface area contributed by atoms with Crippen LogP contribution in [0.5, 0.6) is 5.75 Å². The van der Waals surface area contributed by atoms with Crippen LogP contribution in [-0.4, -0.2) is 38.8 Å². The quantitative estimate of drug-likeness (QED) is 0.616. The number of carbonyl (C=O) groups is 2. The smallest absolute Gasteiger partial charge is 0.411 e. The lowest BCUT2D eigenvalue weighted by atomic mass is 10.1. The zero-order chi connectivity index (χ0) is 20.4. The molecule has 2 aromatic carbocycles. The van der Waals surface area contributed by atoms with Gasteiger partial charge in [-0.2, -0.15) is 0 Å². The van der Waals surface area contributed by atoms with Crippen molar-refractivity contribution < 1.29 is 19.1 Å². The number of nitrogens with one attached hydrogen (secondary N) is 3. The van der Waals surface area contributed by atoms with E-state index >= 15 is 0 Å². The van der Waals surface area contributed by atoms with Gasteiger partial charge in [0.25, 0.3) is 0 Å². The summed E-state index contributed by atoms with van der Waals surface area (Å²) in [7, 11) is 1.63. The molecule has 28 heavy (non-hydrogen) atoms. The molecule has 2 amide bonds. The molecular weight excluding hydrogens is 358 g/mol. The third kappa shape index (κ3) is 6.50. The summed E-state index contributed by atoms with van der Waals surface area (Å²) in [5.41, 5.74) is 3.38. The SMILES string of the molecule is CCOC(=O)Nc1cccc(NCC(=O)NCCc2ccc(OC)cc2)c1C. The third-order valence-corrected chi connectivity index (χ3v) is 4.18. The molecule has 2 rings (SSSR count). The number of benzene rings is 2. The Labute approximate surface area is 165 Å². The second kappa shape index (κ2) is 10.8. The number of methoxy groups -OCH3 is 1. The summed E-state index contributed by atoms with van der Waals surface area (Å²) in [6.45, 7) is 4.62. The van der Waals surface area contributed by atoms with Gasteiger partial charge >= 0.3 is 6.09 Å². The van der Waals surface area contributed by atoms with Gasteiger partial charge in [-0.3, -0.25) is 10.1 Å². The highest BCUT2D eigenvalue weighted by Crippen LogP contribution is 2.23. The van der Waals surface area contributed by atoms with Gasteiger partial charge in [0.1, 0.15) is 5.75 Å². The number of ether oxygens (including phenoxy) is 2. The molecule has 2 aromatic rings. The number of hydrogen-bond donors (Lipinski definition) is 3. The molecule has 0 fully saturated rings. The van der Waals surface area contributed by atoms with Crippen molar-refractivity contribution in [2.45, 2.75) is 20.3 Å². The van der Waals surface area contributed by atoms with E-state index in [-0.39, 0.29) is 12.5 Å². The molecule has 7 nitrogen and oxygen atoms in total. The molecular formula is C21H27N3O4. The van der Waals surface area contributed by atoms with Gasteiger partial charge in [-0.15, -0.1) is 0 Å². The maximum absolute atomic E-state index is 12.1. The van der Waals surface area contributed by atoms with E-state index in [0.717, 1.165) is 29.0 Å². The summed E-state index contributed by atoms with van der Waals surface area (Å²) >= 11 is 0. The number of hydrogen-bond acceptors (Lipinski definition) is 5. The van der Waals surface area contributed by atoms with Crippen LogP contribution in [0.2, 0.25) is 0 Å². The molecule has 0 radical (unpaired) electrons. The van der Waals surface area contributed by atoms with E-state index in [0.29, 0.717) is 18.8 Å². The van der Waals surface area contributed by atoms with E-state index in [9.17, 15) is 9.59 Å². The van der Waals surface area contributed by atoms with Crippen LogP contribution in [0.1, 0.15) is 18.1 Å². The largest absolute Gasteiger partial charge is 0.497 e. The highest BCUT2D eigenvalue weighted by molar-refractivity contribution is 5.87. The van der Waals surface area contributed by atoms with Crippen molar-refractivity contribution in [2.24, 2.45) is 0 Å². The molecule has 0 aliphatic rings. The van der Waals surface area contributed by atoms with Crippen molar-refractivity contribution in [1.29, 1.82) is 0 Å². The summed E-state index contributed by atoms with van der Waals surface area (Å²) in [6.07, 6.45) is 0.243. The Morgan fingerprint density at radius 2 is 1.75 bits per heavy atom. The van der Waals surface area contributed by atoms with Gasteiger partial charge in [0.2, 0.25) is 5.91 Å². The molecule has 3 N–H and O–H groups in total. The van der Waals surface area contributed by atoms with Crippen LogP contribution in [0, 0.1) is 6.92 Å². The summed E-state index contributed by atoms with van der Waals surface area (Å²) in [6, 6.07) is 13.2. The Bertz CT molecular complexity index is 791. The summed E-state index contributed by atoms with van der Waals surface area (Å²) in [4.78, 5) is 23.7. The second-order valence-electron chi connectivity index (χ2n) is 6.13. The summed E-state index contributed by atoms with van der Waals surface area (Å²) < 4.78 is 10.0. The normalized spacial score (nSPS) is 10.1. The van der Waals surface area contributed by atoms with Crippen LogP contribution in [0.25, 0.3) is 0 Å². The molecule has 0 aromatic heterocycles. The fourth-order valence-corrected chi connectivity index (χ4v) is 2.62. The van der Waals surface area contributed by atoms with E-state index in [1.165, 1.54) is 0 Å². The molecule has 0 spiro atoms. The van der Waals surface area contributed by atoms with Crippen molar-refractivity contribution in [3.8, 4) is 5.75 Å². The summed E-state index contributed by atoms with van der Waals surface area (Å²) in [5, 5.41) is 8.68.